The first-order valence-electron chi connectivity index (χ1n) is 6.17. The van der Waals surface area contributed by atoms with Crippen molar-refractivity contribution in [1.82, 2.24) is 9.29 Å². The van der Waals surface area contributed by atoms with Gasteiger partial charge in [0.1, 0.15) is 20.4 Å². The number of carbonyl (C=O) groups is 1. The molecule has 0 unspecified atom stereocenters. The first-order chi connectivity index (χ1) is 9.57. The van der Waals surface area contributed by atoms with Crippen molar-refractivity contribution in [2.24, 2.45) is 0 Å². The first-order valence-corrected chi connectivity index (χ1v) is 9.72. The van der Waals surface area contributed by atoms with Crippen LogP contribution >= 0.6 is 0 Å². The molecule has 10 heteroatoms. The summed E-state index contributed by atoms with van der Waals surface area (Å²) < 4.78 is 49.4. The summed E-state index contributed by atoms with van der Waals surface area (Å²) in [4.78, 5) is 10.8. The molecule has 0 saturated carbocycles. The highest BCUT2D eigenvalue weighted by Gasteiger charge is 2.20. The normalized spacial score (nSPS) is 12.5. The molecule has 0 amide bonds. The van der Waals surface area contributed by atoms with Gasteiger partial charge in [-0.2, -0.15) is 0 Å². The van der Waals surface area contributed by atoms with Crippen molar-refractivity contribution in [2.75, 3.05) is 18.6 Å². The lowest BCUT2D eigenvalue weighted by Gasteiger charge is -2.04. The monoisotopic (exact) mass is 338 g/mol. The van der Waals surface area contributed by atoms with Crippen LogP contribution in [0.4, 0.5) is 0 Å². The predicted octanol–water partition coefficient (Wildman–Crippen LogP) is -0.0808. The Kier molecular flexibility index (Phi) is 5.54. The Labute approximate surface area is 123 Å². The molecule has 0 atom stereocenters. The molecule has 0 aliphatic rings. The van der Waals surface area contributed by atoms with E-state index in [2.05, 4.69) is 4.72 Å². The minimum absolute atomic E-state index is 0.0326. The fourth-order valence-corrected chi connectivity index (χ4v) is 3.48. The van der Waals surface area contributed by atoms with E-state index >= 15 is 0 Å². The molecular weight excluding hydrogens is 320 g/mol. The summed E-state index contributed by atoms with van der Waals surface area (Å²) in [5.41, 5.74) is -0.117. The molecule has 21 heavy (non-hydrogen) atoms. The Morgan fingerprint density at radius 2 is 1.95 bits per heavy atom. The van der Waals surface area contributed by atoms with E-state index in [-0.39, 0.29) is 29.3 Å². The fraction of sp³-hybridized carbons (Fsp3) is 0.545. The smallest absolute Gasteiger partial charge is 0.352 e. The molecule has 1 aromatic rings. The Morgan fingerprint density at radius 1 is 1.33 bits per heavy atom. The van der Waals surface area contributed by atoms with Gasteiger partial charge in [0.15, 0.2) is 0 Å². The summed E-state index contributed by atoms with van der Waals surface area (Å²) in [5, 5.41) is 8.98. The molecule has 0 saturated heterocycles. The van der Waals surface area contributed by atoms with Crippen LogP contribution in [-0.4, -0.2) is 51.0 Å². The van der Waals surface area contributed by atoms with Gasteiger partial charge in [-0.25, -0.2) is 26.4 Å². The third-order valence-electron chi connectivity index (χ3n) is 2.73. The first kappa shape index (κ1) is 17.7. The molecule has 0 spiro atoms. The van der Waals surface area contributed by atoms with Crippen LogP contribution in [0.15, 0.2) is 17.2 Å². The van der Waals surface area contributed by atoms with Crippen LogP contribution in [-0.2, 0) is 26.4 Å². The van der Waals surface area contributed by atoms with Gasteiger partial charge in [-0.15, -0.1) is 0 Å². The minimum Gasteiger partial charge on any atom is -0.477 e. The van der Waals surface area contributed by atoms with Crippen LogP contribution in [0.2, 0.25) is 0 Å². The quantitative estimate of drug-likeness (QED) is 0.639. The van der Waals surface area contributed by atoms with E-state index in [4.69, 9.17) is 5.11 Å². The number of aryl methyl sites for hydroxylation is 1. The van der Waals surface area contributed by atoms with E-state index in [1.165, 1.54) is 10.8 Å². The SMILES string of the molecule is CCn1cc(S(=O)(=O)NCCCS(C)(=O)=O)cc1C(=O)O. The zero-order chi connectivity index (χ0) is 16.3. The van der Waals surface area contributed by atoms with E-state index in [0.29, 0.717) is 6.54 Å². The van der Waals surface area contributed by atoms with Gasteiger partial charge < -0.3 is 9.67 Å². The predicted molar refractivity (Wildman–Crippen MR) is 76.6 cm³/mol. The zero-order valence-electron chi connectivity index (χ0n) is 11.7. The minimum atomic E-state index is -3.85. The second kappa shape index (κ2) is 6.58. The second-order valence-corrected chi connectivity index (χ2v) is 8.56. The van der Waals surface area contributed by atoms with Crippen molar-refractivity contribution in [3.05, 3.63) is 18.0 Å². The number of carboxylic acid groups (broad SMARTS) is 1. The summed E-state index contributed by atoms with van der Waals surface area (Å²) >= 11 is 0. The third-order valence-corrected chi connectivity index (χ3v) is 5.18. The van der Waals surface area contributed by atoms with Gasteiger partial charge in [0, 0.05) is 25.5 Å². The fourth-order valence-electron chi connectivity index (χ4n) is 1.70. The molecule has 0 aromatic carbocycles. The average molecular weight is 338 g/mol. The van der Waals surface area contributed by atoms with Crippen LogP contribution in [0.25, 0.3) is 0 Å². The van der Waals surface area contributed by atoms with Gasteiger partial charge in [-0.05, 0) is 19.4 Å². The Bertz CT molecular complexity index is 718. The van der Waals surface area contributed by atoms with Crippen LogP contribution in [0.3, 0.4) is 0 Å². The lowest BCUT2D eigenvalue weighted by atomic mass is 10.4. The number of sulfone groups is 1. The topological polar surface area (TPSA) is 123 Å². The number of rotatable bonds is 8. The number of carboxylic acids is 1. The number of aromatic carboxylic acids is 1. The lowest BCUT2D eigenvalue weighted by Crippen LogP contribution is -2.25. The van der Waals surface area contributed by atoms with Crippen LogP contribution in [0, 0.1) is 0 Å². The van der Waals surface area contributed by atoms with E-state index in [9.17, 15) is 21.6 Å². The largest absolute Gasteiger partial charge is 0.477 e. The highest BCUT2D eigenvalue weighted by molar-refractivity contribution is 7.90. The Hall–Kier alpha value is -1.39. The van der Waals surface area contributed by atoms with Crippen LogP contribution < -0.4 is 4.72 Å². The number of sulfonamides is 1. The standard InChI is InChI=1S/C11H18N2O6S2/c1-3-13-8-9(7-10(13)11(14)15)21(18,19)12-5-4-6-20(2,16)17/h7-8,12H,3-6H2,1-2H3,(H,14,15). The molecule has 0 aliphatic carbocycles. The van der Waals surface area contributed by atoms with Crippen LogP contribution in [0.1, 0.15) is 23.8 Å². The van der Waals surface area contributed by atoms with Gasteiger partial charge in [0.25, 0.3) is 0 Å². The summed E-state index contributed by atoms with van der Waals surface area (Å²) in [7, 11) is -6.99. The van der Waals surface area contributed by atoms with Gasteiger partial charge in [0.05, 0.1) is 5.75 Å². The highest BCUT2D eigenvalue weighted by Crippen LogP contribution is 2.14. The van der Waals surface area contributed by atoms with Crippen molar-refractivity contribution in [3.63, 3.8) is 0 Å². The second-order valence-electron chi connectivity index (χ2n) is 4.53. The van der Waals surface area contributed by atoms with Crippen molar-refractivity contribution >= 4 is 25.8 Å². The van der Waals surface area contributed by atoms with Crippen molar-refractivity contribution in [2.45, 2.75) is 24.8 Å². The molecular formula is C11H18N2O6S2. The van der Waals surface area contributed by atoms with Gasteiger partial charge in [-0.3, -0.25) is 0 Å². The van der Waals surface area contributed by atoms with E-state index in [1.54, 1.807) is 6.92 Å². The molecule has 0 aliphatic heterocycles. The van der Waals surface area contributed by atoms with E-state index < -0.39 is 25.8 Å². The van der Waals surface area contributed by atoms with Gasteiger partial charge in [-0.1, -0.05) is 0 Å². The summed E-state index contributed by atoms with van der Waals surface area (Å²) in [6, 6.07) is 1.07. The molecule has 8 nitrogen and oxygen atoms in total. The summed E-state index contributed by atoms with van der Waals surface area (Å²) in [6.45, 7) is 1.99. The lowest BCUT2D eigenvalue weighted by molar-refractivity contribution is 0.0685. The third kappa shape index (κ3) is 5.14. The molecule has 1 aromatic heterocycles. The molecule has 0 bridgehead atoms. The molecule has 2 N–H and O–H groups in total. The highest BCUT2D eigenvalue weighted by atomic mass is 32.2. The van der Waals surface area contributed by atoms with Crippen molar-refractivity contribution in [3.8, 4) is 0 Å². The van der Waals surface area contributed by atoms with Gasteiger partial charge in [0.2, 0.25) is 10.0 Å². The number of nitrogens with zero attached hydrogens (tertiary/aromatic N) is 1. The van der Waals surface area contributed by atoms with Crippen molar-refractivity contribution in [1.29, 1.82) is 0 Å². The molecule has 0 fully saturated rings. The number of hydrogen-bond acceptors (Lipinski definition) is 5. The van der Waals surface area contributed by atoms with E-state index in [1.807, 2.05) is 0 Å². The molecule has 0 radical (unpaired) electrons. The summed E-state index contributed by atoms with van der Waals surface area (Å²) in [5.74, 6) is -1.33. The number of hydrogen-bond donors (Lipinski definition) is 2. The number of nitrogens with one attached hydrogen (secondary N) is 1. The maximum atomic E-state index is 12.0. The Balaban J connectivity index is 2.81. The average Bonchev–Trinajstić information content (AvgIpc) is 2.78. The maximum Gasteiger partial charge on any atom is 0.352 e. The van der Waals surface area contributed by atoms with Gasteiger partial charge >= 0.3 is 5.97 Å². The van der Waals surface area contributed by atoms with Crippen molar-refractivity contribution < 1.29 is 26.7 Å². The molecule has 1 rings (SSSR count). The van der Waals surface area contributed by atoms with Crippen LogP contribution in [0.5, 0.6) is 0 Å². The Morgan fingerprint density at radius 3 is 2.38 bits per heavy atom. The van der Waals surface area contributed by atoms with E-state index in [0.717, 1.165) is 12.3 Å². The molecule has 1 heterocycles. The molecule has 120 valence electrons. The number of aromatic nitrogens is 1. The maximum absolute atomic E-state index is 12.0. The zero-order valence-corrected chi connectivity index (χ0v) is 13.4. The summed E-state index contributed by atoms with van der Waals surface area (Å²) in [6.07, 6.45) is 2.46.